The molecule has 0 bridgehead atoms. The largest absolute Gasteiger partial charge is 0.480 e. The number of carboxylic acid groups (broad SMARTS) is 1. The minimum Gasteiger partial charge on any atom is -0.480 e. The van der Waals surface area contributed by atoms with Crippen molar-refractivity contribution in [2.45, 2.75) is 57.5 Å². The number of ketones is 3. The summed E-state index contributed by atoms with van der Waals surface area (Å²) in [5.74, 6) is -8.71. The first-order valence-electron chi connectivity index (χ1n) is 17.4. The van der Waals surface area contributed by atoms with Gasteiger partial charge in [-0.15, -0.1) is 0 Å². The lowest BCUT2D eigenvalue weighted by Crippen LogP contribution is -2.51. The summed E-state index contributed by atoms with van der Waals surface area (Å²) in [4.78, 5) is 150. The third kappa shape index (κ3) is 23.7. The molecule has 8 amide bonds. The fourth-order valence-electron chi connectivity index (χ4n) is 4.33. The van der Waals surface area contributed by atoms with Crippen molar-refractivity contribution in [2.75, 3.05) is 80.5 Å². The number of carboxylic acids is 1. The van der Waals surface area contributed by atoms with Gasteiger partial charge >= 0.3 is 5.97 Å². The van der Waals surface area contributed by atoms with Crippen LogP contribution in [0.3, 0.4) is 0 Å². The fourth-order valence-corrected chi connectivity index (χ4v) is 4.33. The van der Waals surface area contributed by atoms with E-state index in [0.717, 1.165) is 4.90 Å². The van der Waals surface area contributed by atoms with Crippen molar-refractivity contribution in [3.63, 3.8) is 0 Å². The Hall–Kier alpha value is -5.84. The van der Waals surface area contributed by atoms with Gasteiger partial charge < -0.3 is 52.5 Å². The van der Waals surface area contributed by atoms with E-state index in [1.807, 2.05) is 0 Å². The van der Waals surface area contributed by atoms with Crippen molar-refractivity contribution in [3.05, 3.63) is 0 Å². The molecule has 56 heavy (non-hydrogen) atoms. The number of likely N-dealkylation sites (N-methyl/N-ethyl adjacent to an activating group) is 2. The molecule has 2 atom stereocenters. The monoisotopic (exact) mass is 798 g/mol. The Balaban J connectivity index is 5.62. The minimum absolute atomic E-state index is 0.0260. The Labute approximate surface area is 323 Å². The van der Waals surface area contributed by atoms with Gasteiger partial charge in [0.15, 0.2) is 11.6 Å². The SMILES string of the molecule is CCC(=O)NC(CCC(=O)CC(=O)CNC(=O)CN(CC(=O)NCC(N)=O)CC(=O)NC(CCC(=O)NCC(=O)N(C)C)C(=O)CNCC(=O)N(C)C)C(=O)O. The highest BCUT2D eigenvalue weighted by Gasteiger charge is 2.26. The topological polar surface area (TPSA) is 333 Å². The van der Waals surface area contributed by atoms with Crippen LogP contribution in [0, 0.1) is 0 Å². The highest BCUT2D eigenvalue weighted by Crippen LogP contribution is 2.04. The second-order valence-electron chi connectivity index (χ2n) is 12.9. The lowest BCUT2D eigenvalue weighted by molar-refractivity contribution is -0.142. The van der Waals surface area contributed by atoms with Gasteiger partial charge in [-0.1, -0.05) is 6.92 Å². The van der Waals surface area contributed by atoms with Crippen LogP contribution in [0.5, 0.6) is 0 Å². The van der Waals surface area contributed by atoms with E-state index in [-0.39, 0.29) is 57.6 Å². The van der Waals surface area contributed by atoms with Gasteiger partial charge in [0.1, 0.15) is 11.8 Å². The molecule has 23 nitrogen and oxygen atoms in total. The molecule has 0 fully saturated rings. The molecule has 0 saturated carbocycles. The van der Waals surface area contributed by atoms with Crippen LogP contribution >= 0.6 is 0 Å². The number of nitrogens with zero attached hydrogens (tertiary/aromatic N) is 3. The van der Waals surface area contributed by atoms with Crippen LogP contribution in [0.1, 0.15) is 45.4 Å². The Morgan fingerprint density at radius 2 is 1.07 bits per heavy atom. The highest BCUT2D eigenvalue weighted by molar-refractivity contribution is 6.01. The van der Waals surface area contributed by atoms with Gasteiger partial charge in [0.2, 0.25) is 47.3 Å². The van der Waals surface area contributed by atoms with Crippen LogP contribution in [-0.4, -0.2) is 183 Å². The fraction of sp³-hybridized carbons (Fsp3) is 0.636. The normalized spacial score (nSPS) is 11.6. The second kappa shape index (κ2) is 26.9. The number of aliphatic carboxylic acids is 1. The van der Waals surface area contributed by atoms with Gasteiger partial charge in [-0.05, 0) is 12.8 Å². The van der Waals surface area contributed by atoms with Crippen LogP contribution in [-0.2, 0) is 57.5 Å². The lowest BCUT2D eigenvalue weighted by Gasteiger charge is -2.23. The van der Waals surface area contributed by atoms with Crippen LogP contribution in [0.25, 0.3) is 0 Å². The number of carbonyl (C=O) groups is 12. The highest BCUT2D eigenvalue weighted by atomic mass is 16.4. The first kappa shape index (κ1) is 50.2. The standard InChI is InChI=1S/C33H54N10O13/c1-6-26(48)40-23(33(55)56)8-7-20(44)11-21(45)12-36-28(50)17-43(18-29(51)37-14-25(34)47)19-30(52)39-22(24(46)13-35-15-31(53)41(2)3)9-10-27(49)38-16-32(54)42(4)5/h22-23,35H,6-19H2,1-5H3,(H2,34,47)(H,36,50)(H,37,51)(H,38,49)(H,39,52)(H,40,48)(H,55,56). The molecule has 0 aromatic carbocycles. The molecule has 0 aliphatic heterocycles. The molecule has 0 heterocycles. The quantitative estimate of drug-likeness (QED) is 0.0327. The van der Waals surface area contributed by atoms with E-state index in [2.05, 4.69) is 31.9 Å². The maximum Gasteiger partial charge on any atom is 0.326 e. The van der Waals surface area contributed by atoms with E-state index in [4.69, 9.17) is 5.73 Å². The third-order valence-corrected chi connectivity index (χ3v) is 7.50. The molecule has 0 radical (unpaired) electrons. The maximum atomic E-state index is 13.2. The molecule has 0 aliphatic carbocycles. The number of amides is 8. The van der Waals surface area contributed by atoms with Gasteiger partial charge in [0, 0.05) is 47.5 Å². The van der Waals surface area contributed by atoms with Gasteiger partial charge in [-0.3, -0.25) is 57.6 Å². The zero-order valence-electron chi connectivity index (χ0n) is 32.3. The summed E-state index contributed by atoms with van der Waals surface area (Å²) in [6.07, 6.45) is -1.79. The number of primary amides is 1. The van der Waals surface area contributed by atoms with Crippen molar-refractivity contribution in [1.29, 1.82) is 0 Å². The molecule has 314 valence electrons. The number of hydrogen-bond acceptors (Lipinski definition) is 14. The predicted molar refractivity (Wildman–Crippen MR) is 195 cm³/mol. The number of rotatable bonds is 29. The zero-order chi connectivity index (χ0) is 43.0. The molecule has 0 aromatic rings. The van der Waals surface area contributed by atoms with E-state index >= 15 is 0 Å². The molecule has 0 saturated heterocycles. The minimum atomic E-state index is -1.36. The number of nitrogens with two attached hydrogens (primary N) is 1. The van der Waals surface area contributed by atoms with E-state index in [1.54, 1.807) is 0 Å². The van der Waals surface area contributed by atoms with E-state index in [9.17, 15) is 62.6 Å². The first-order valence-corrected chi connectivity index (χ1v) is 17.4. The van der Waals surface area contributed by atoms with Crippen molar-refractivity contribution in [2.24, 2.45) is 5.73 Å². The van der Waals surface area contributed by atoms with Crippen LogP contribution < -0.4 is 37.6 Å². The van der Waals surface area contributed by atoms with Gasteiger partial charge in [-0.2, -0.15) is 0 Å². The zero-order valence-corrected chi connectivity index (χ0v) is 32.3. The summed E-state index contributed by atoms with van der Waals surface area (Å²) in [5, 5.41) is 23.4. The Morgan fingerprint density at radius 3 is 1.61 bits per heavy atom. The lowest BCUT2D eigenvalue weighted by atomic mass is 10.1. The average molecular weight is 799 g/mol. The van der Waals surface area contributed by atoms with E-state index in [0.29, 0.717) is 0 Å². The molecule has 9 N–H and O–H groups in total. The summed E-state index contributed by atoms with van der Waals surface area (Å²) in [7, 11) is 6.00. The van der Waals surface area contributed by atoms with E-state index in [1.165, 1.54) is 44.9 Å². The third-order valence-electron chi connectivity index (χ3n) is 7.50. The number of nitrogens with one attached hydrogen (secondary N) is 6. The molecule has 23 heteroatoms. The molecule has 0 rings (SSSR count). The Morgan fingerprint density at radius 1 is 0.571 bits per heavy atom. The molecular weight excluding hydrogens is 744 g/mol. The van der Waals surface area contributed by atoms with Crippen LogP contribution in [0.4, 0.5) is 0 Å². The van der Waals surface area contributed by atoms with Crippen LogP contribution in [0.15, 0.2) is 0 Å². The number of carbonyl (C=O) groups excluding carboxylic acids is 11. The summed E-state index contributed by atoms with van der Waals surface area (Å²) in [6, 6.07) is -2.64. The van der Waals surface area contributed by atoms with Crippen molar-refractivity contribution in [3.8, 4) is 0 Å². The van der Waals surface area contributed by atoms with Crippen molar-refractivity contribution >= 4 is 70.6 Å². The number of hydrogen-bond donors (Lipinski definition) is 8. The summed E-state index contributed by atoms with van der Waals surface area (Å²) in [5.41, 5.74) is 5.05. The maximum absolute atomic E-state index is 13.2. The first-order chi connectivity index (χ1) is 26.1. The molecule has 0 aliphatic rings. The average Bonchev–Trinajstić information content (AvgIpc) is 3.11. The summed E-state index contributed by atoms with van der Waals surface area (Å²) < 4.78 is 0. The van der Waals surface area contributed by atoms with Crippen molar-refractivity contribution < 1.29 is 62.6 Å². The Kier molecular flexibility index (Phi) is 24.1. The Bertz CT molecular complexity index is 1470. The number of Topliss-reactive ketones (excluding diaryl/α,β-unsaturated/α-hetero) is 3. The smallest absolute Gasteiger partial charge is 0.326 e. The molecule has 0 spiro atoms. The summed E-state index contributed by atoms with van der Waals surface area (Å²) in [6.45, 7) is -2.61. The summed E-state index contributed by atoms with van der Waals surface area (Å²) >= 11 is 0. The molecule has 0 aromatic heterocycles. The van der Waals surface area contributed by atoms with Gasteiger partial charge in [-0.25, -0.2) is 4.79 Å². The van der Waals surface area contributed by atoms with Gasteiger partial charge in [0.05, 0.1) is 64.8 Å². The van der Waals surface area contributed by atoms with Gasteiger partial charge in [0.25, 0.3) is 0 Å². The van der Waals surface area contributed by atoms with Crippen LogP contribution in [0.2, 0.25) is 0 Å². The van der Waals surface area contributed by atoms with Crippen molar-refractivity contribution in [1.82, 2.24) is 46.6 Å². The molecular formula is C33H54N10O13. The predicted octanol–water partition coefficient (Wildman–Crippen LogP) is -5.99. The van der Waals surface area contributed by atoms with E-state index < -0.39 is 116 Å². The second-order valence-corrected chi connectivity index (χ2v) is 12.9. The molecule has 2 unspecified atom stereocenters.